The topological polar surface area (TPSA) is 43.1 Å². The van der Waals surface area contributed by atoms with Crippen molar-refractivity contribution < 1.29 is 4.79 Å². The van der Waals surface area contributed by atoms with E-state index in [1.54, 1.807) is 0 Å². The summed E-state index contributed by atoms with van der Waals surface area (Å²) < 4.78 is -1.40. The van der Waals surface area contributed by atoms with Crippen molar-refractivity contribution in [3.8, 4) is 0 Å². The first-order valence-electron chi connectivity index (χ1n) is 1.32. The van der Waals surface area contributed by atoms with E-state index in [1.165, 1.54) is 0 Å². The summed E-state index contributed by atoms with van der Waals surface area (Å²) in [6.07, 6.45) is 0.250. The van der Waals surface area contributed by atoms with Gasteiger partial charge in [0.25, 0.3) is 0 Å². The van der Waals surface area contributed by atoms with E-state index < -0.39 is 4.00 Å². The van der Waals surface area contributed by atoms with Gasteiger partial charge in [0.15, 0.2) is 0 Å². The third kappa shape index (κ3) is 58.6. The molecule has 50 valence electrons. The standard InChI is InChI=1S/CH3NO.4HI.Pb/c2-1-3;;;;;/h1H,(H2,2,3);4*1H;/q;;;;;+4/p-4. The van der Waals surface area contributed by atoms with E-state index in [-0.39, 0.29) is 6.41 Å². The normalized spacial score (nSPS) is 9.00. The zero-order chi connectivity index (χ0) is 7.21. The number of rotatable bonds is 0. The molecule has 0 unspecified atom stereocenters. The minimum atomic E-state index is -1.40. The Morgan fingerprint density at radius 3 is 1.25 bits per heavy atom. The molecule has 2 nitrogen and oxygen atoms in total. The van der Waals surface area contributed by atoms with Crippen molar-refractivity contribution >= 4 is 81.5 Å². The van der Waals surface area contributed by atoms with Crippen molar-refractivity contribution in [1.82, 2.24) is 0 Å². The van der Waals surface area contributed by atoms with Crippen LogP contribution in [0.1, 0.15) is 0 Å². The first-order valence-corrected chi connectivity index (χ1v) is 45.1. The Labute approximate surface area is 88.9 Å². The molecule has 0 heterocycles. The Morgan fingerprint density at radius 1 is 1.25 bits per heavy atom. The SMILES string of the molecule is NC=O.[I][Pb]([I])([I])[I]. The second-order valence-corrected chi connectivity index (χ2v) is 169. The second-order valence-electron chi connectivity index (χ2n) is 0.565. The van der Waals surface area contributed by atoms with Gasteiger partial charge in [0.1, 0.15) is 0 Å². The predicted octanol–water partition coefficient (Wildman–Crippen LogP) is 2.26. The Hall–Kier alpha value is 3.31. The Bertz CT molecular complexity index is 55.5. The van der Waals surface area contributed by atoms with Gasteiger partial charge < -0.3 is 5.73 Å². The van der Waals surface area contributed by atoms with Crippen LogP contribution in [0.2, 0.25) is 0 Å². The molecule has 0 aromatic rings. The van der Waals surface area contributed by atoms with Crippen LogP contribution >= 0.6 is 71.0 Å². The fourth-order valence-electron chi connectivity index (χ4n) is 0. The molecule has 0 spiro atoms. The second kappa shape index (κ2) is 8.41. The molecule has 0 aliphatic heterocycles. The van der Waals surface area contributed by atoms with E-state index >= 15 is 0 Å². The third-order valence-electron chi connectivity index (χ3n) is 0. The number of halogens is 4. The molecule has 0 fully saturated rings. The maximum absolute atomic E-state index is 8.58. The van der Waals surface area contributed by atoms with Crippen molar-refractivity contribution in [1.29, 1.82) is 0 Å². The molecule has 8 heavy (non-hydrogen) atoms. The number of hydrogen-bond acceptors (Lipinski definition) is 1. The number of nitrogens with two attached hydrogens (primary N) is 1. The van der Waals surface area contributed by atoms with Crippen molar-refractivity contribution in [3.05, 3.63) is 0 Å². The van der Waals surface area contributed by atoms with Crippen molar-refractivity contribution in [3.63, 3.8) is 0 Å². The molecule has 1 amide bonds. The van der Waals surface area contributed by atoms with E-state index in [1.807, 2.05) is 0 Å². The van der Waals surface area contributed by atoms with E-state index in [2.05, 4.69) is 76.8 Å². The third-order valence-corrected chi connectivity index (χ3v) is 0. The fraction of sp³-hybridized carbons (Fsp3) is 0. The van der Waals surface area contributed by atoms with Gasteiger partial charge in [0.05, 0.1) is 0 Å². The number of amides is 1. The molecule has 0 atom stereocenters. The van der Waals surface area contributed by atoms with Crippen LogP contribution in [0, 0.1) is 0 Å². The summed E-state index contributed by atoms with van der Waals surface area (Å²) >= 11 is 10.2. The van der Waals surface area contributed by atoms with Crippen LogP contribution in [0.4, 0.5) is 0 Å². The summed E-state index contributed by atoms with van der Waals surface area (Å²) in [5.74, 6) is 0. The average molecular weight is 760 g/mol. The van der Waals surface area contributed by atoms with Crippen molar-refractivity contribution in [2.45, 2.75) is 0 Å². The van der Waals surface area contributed by atoms with Crippen LogP contribution < -0.4 is 5.73 Å². The predicted molar refractivity (Wildman–Crippen MR) is 72.1 cm³/mol. The van der Waals surface area contributed by atoms with E-state index in [4.69, 9.17) is 4.79 Å². The molecular weight excluding hydrogens is 757 g/mol. The van der Waals surface area contributed by atoms with Gasteiger partial charge in [-0.3, -0.25) is 4.79 Å². The Kier molecular flexibility index (Phi) is 14.6. The van der Waals surface area contributed by atoms with Gasteiger partial charge in [0, 0.05) is 0 Å². The summed E-state index contributed by atoms with van der Waals surface area (Å²) in [6.45, 7) is 0. The molecule has 0 aromatic heterocycles. The summed E-state index contributed by atoms with van der Waals surface area (Å²) in [5.41, 5.74) is 4.17. The van der Waals surface area contributed by atoms with Crippen LogP contribution in [0.25, 0.3) is 0 Å². The van der Waals surface area contributed by atoms with Gasteiger partial charge in [-0.25, -0.2) is 0 Å². The van der Waals surface area contributed by atoms with Gasteiger partial charge in [-0.15, -0.1) is 0 Å². The zero-order valence-corrected chi connectivity index (χ0v) is 16.1. The summed E-state index contributed by atoms with van der Waals surface area (Å²) in [7, 11) is 0. The molecule has 7 heteroatoms. The molecule has 0 aliphatic rings. The van der Waals surface area contributed by atoms with Crippen molar-refractivity contribution in [2.75, 3.05) is 0 Å². The average Bonchev–Trinajstić information content (AvgIpc) is 1.27. The summed E-state index contributed by atoms with van der Waals surface area (Å²) in [5, 5.41) is 0. The van der Waals surface area contributed by atoms with Gasteiger partial charge in [0.2, 0.25) is 6.41 Å². The summed E-state index contributed by atoms with van der Waals surface area (Å²) in [4.78, 5) is 8.58. The van der Waals surface area contributed by atoms with Crippen LogP contribution in [-0.4, -0.2) is 10.4 Å². The fourth-order valence-corrected chi connectivity index (χ4v) is 0. The molecular formula is CH3I4NOPb. The number of hydrogen-bond donors (Lipinski definition) is 1. The molecule has 0 radical (unpaired) electrons. The molecule has 2 N–H and O–H groups in total. The van der Waals surface area contributed by atoms with Gasteiger partial charge >= 0.3 is 75.0 Å². The van der Waals surface area contributed by atoms with Crippen LogP contribution in [0.15, 0.2) is 0 Å². The Morgan fingerprint density at radius 2 is 1.25 bits per heavy atom. The number of primary amides is 1. The first kappa shape index (κ1) is 13.9. The Balaban J connectivity index is 0. The molecule has 0 saturated carbocycles. The van der Waals surface area contributed by atoms with Crippen LogP contribution in [0.3, 0.4) is 0 Å². The molecule has 0 rings (SSSR count). The minimum absolute atomic E-state index is 0.250. The van der Waals surface area contributed by atoms with Crippen LogP contribution in [-0.2, 0) is 4.79 Å². The van der Waals surface area contributed by atoms with E-state index in [0.717, 1.165) is 0 Å². The maximum atomic E-state index is 8.58. The van der Waals surface area contributed by atoms with Crippen LogP contribution in [0.5, 0.6) is 0 Å². The monoisotopic (exact) mass is 761 g/mol. The van der Waals surface area contributed by atoms with Crippen molar-refractivity contribution in [2.24, 2.45) is 5.73 Å². The quantitative estimate of drug-likeness (QED) is 0.230. The molecule has 0 aliphatic carbocycles. The zero-order valence-electron chi connectivity index (χ0n) is 3.57. The van der Waals surface area contributed by atoms with E-state index in [0.29, 0.717) is 0 Å². The van der Waals surface area contributed by atoms with Gasteiger partial charge in [-0.1, -0.05) is 0 Å². The van der Waals surface area contributed by atoms with Gasteiger partial charge in [-0.2, -0.15) is 0 Å². The first-order chi connectivity index (χ1) is 3.41. The molecule has 0 bridgehead atoms. The summed E-state index contributed by atoms with van der Waals surface area (Å²) in [6, 6.07) is 0. The van der Waals surface area contributed by atoms with Gasteiger partial charge in [-0.05, 0) is 0 Å². The number of carbonyl (C=O) groups is 1. The molecule has 0 saturated heterocycles. The molecule has 0 aromatic carbocycles. The van der Waals surface area contributed by atoms with E-state index in [9.17, 15) is 0 Å². The number of carbonyl (C=O) groups excluding carboxylic acids is 1.